The molecule has 1 aliphatic rings. The van der Waals surface area contributed by atoms with Crippen LogP contribution < -0.4 is 14.2 Å². The van der Waals surface area contributed by atoms with E-state index in [2.05, 4.69) is 4.74 Å². The maximum Gasteiger partial charge on any atom is 0.387 e. The summed E-state index contributed by atoms with van der Waals surface area (Å²) in [6, 6.07) is 11.1. The Morgan fingerprint density at radius 3 is 2.50 bits per heavy atom. The highest BCUT2D eigenvalue weighted by molar-refractivity contribution is 8.19. The van der Waals surface area contributed by atoms with Crippen molar-refractivity contribution in [3.05, 3.63) is 53.6 Å². The minimum absolute atomic E-state index is 0.0826. The summed E-state index contributed by atoms with van der Waals surface area (Å²) in [6.07, 6.45) is 0. The zero-order valence-corrected chi connectivity index (χ0v) is 15.4. The van der Waals surface area contributed by atoms with Crippen molar-refractivity contribution >= 4 is 29.5 Å². The predicted octanol–water partition coefficient (Wildman–Crippen LogP) is 4.99. The second-order valence-corrected chi connectivity index (χ2v) is 7.97. The highest BCUT2D eigenvalue weighted by atomic mass is 32.2. The van der Waals surface area contributed by atoms with Crippen LogP contribution >= 0.6 is 23.5 Å². The minimum atomic E-state index is -3.03. The SMILES string of the molecule is COc1cc(C2SCCS2)ccc1OC(=O)c1ccccc1OC(F)F. The van der Waals surface area contributed by atoms with Gasteiger partial charge in [-0.2, -0.15) is 8.78 Å². The molecule has 0 spiro atoms. The van der Waals surface area contributed by atoms with E-state index in [0.29, 0.717) is 10.3 Å². The first-order chi connectivity index (χ1) is 12.6. The van der Waals surface area contributed by atoms with Gasteiger partial charge < -0.3 is 14.2 Å². The maximum atomic E-state index is 12.5. The van der Waals surface area contributed by atoms with Crippen molar-refractivity contribution in [3.8, 4) is 17.2 Å². The molecule has 2 aromatic carbocycles. The molecule has 0 bridgehead atoms. The number of alkyl halides is 2. The third kappa shape index (κ3) is 4.42. The molecule has 26 heavy (non-hydrogen) atoms. The number of hydrogen-bond acceptors (Lipinski definition) is 6. The lowest BCUT2D eigenvalue weighted by Gasteiger charge is -2.14. The Labute approximate surface area is 158 Å². The van der Waals surface area contributed by atoms with Gasteiger partial charge in [-0.3, -0.25) is 0 Å². The lowest BCUT2D eigenvalue weighted by molar-refractivity contribution is -0.0503. The first-order valence-electron chi connectivity index (χ1n) is 7.75. The van der Waals surface area contributed by atoms with Crippen molar-refractivity contribution in [3.63, 3.8) is 0 Å². The van der Waals surface area contributed by atoms with Crippen molar-refractivity contribution in [2.24, 2.45) is 0 Å². The molecule has 0 N–H and O–H groups in total. The highest BCUT2D eigenvalue weighted by Gasteiger charge is 2.22. The number of rotatable bonds is 6. The average molecular weight is 398 g/mol. The Hall–Kier alpha value is -1.93. The normalized spacial score (nSPS) is 14.5. The Morgan fingerprint density at radius 2 is 1.81 bits per heavy atom. The lowest BCUT2D eigenvalue weighted by atomic mass is 10.2. The van der Waals surface area contributed by atoms with Gasteiger partial charge in [0.15, 0.2) is 11.5 Å². The van der Waals surface area contributed by atoms with Crippen LogP contribution in [0.3, 0.4) is 0 Å². The smallest absolute Gasteiger partial charge is 0.387 e. The van der Waals surface area contributed by atoms with E-state index in [0.717, 1.165) is 17.1 Å². The van der Waals surface area contributed by atoms with Gasteiger partial charge in [0.2, 0.25) is 0 Å². The number of hydrogen-bond donors (Lipinski definition) is 0. The summed E-state index contributed by atoms with van der Waals surface area (Å²) < 4.78 is 40.4. The summed E-state index contributed by atoms with van der Waals surface area (Å²) in [5.74, 6) is 1.79. The Balaban J connectivity index is 1.81. The molecule has 0 radical (unpaired) electrons. The van der Waals surface area contributed by atoms with Gasteiger partial charge in [0.25, 0.3) is 0 Å². The van der Waals surface area contributed by atoms with Gasteiger partial charge >= 0.3 is 12.6 Å². The number of carbonyl (C=O) groups is 1. The van der Waals surface area contributed by atoms with Gasteiger partial charge in [-0.15, -0.1) is 23.5 Å². The van der Waals surface area contributed by atoms with Gasteiger partial charge in [0.05, 0.1) is 11.7 Å². The van der Waals surface area contributed by atoms with Crippen LogP contribution in [0.5, 0.6) is 17.2 Å². The molecule has 0 saturated carbocycles. The fraction of sp³-hybridized carbons (Fsp3) is 0.278. The van der Waals surface area contributed by atoms with E-state index in [4.69, 9.17) is 9.47 Å². The summed E-state index contributed by atoms with van der Waals surface area (Å²) >= 11 is 3.70. The zero-order chi connectivity index (χ0) is 18.5. The molecule has 1 fully saturated rings. The number of methoxy groups -OCH3 is 1. The minimum Gasteiger partial charge on any atom is -0.493 e. The number of benzene rings is 2. The zero-order valence-electron chi connectivity index (χ0n) is 13.8. The standard InChI is InChI=1S/C18H16F2O4S2/c1-22-15-10-11(17-25-8-9-26-17)6-7-14(15)23-16(21)12-4-2-3-5-13(12)24-18(19)20/h2-7,10,17-18H,8-9H2,1H3. The number of ether oxygens (including phenoxy) is 3. The molecule has 0 amide bonds. The third-order valence-corrected chi connectivity index (χ3v) is 6.71. The van der Waals surface area contributed by atoms with Crippen molar-refractivity contribution in [1.82, 2.24) is 0 Å². The summed E-state index contributed by atoms with van der Waals surface area (Å²) in [5, 5.41) is 0. The van der Waals surface area contributed by atoms with Crippen molar-refractivity contribution in [2.75, 3.05) is 18.6 Å². The number of para-hydroxylation sites is 1. The fourth-order valence-corrected chi connectivity index (χ4v) is 5.29. The van der Waals surface area contributed by atoms with Crippen molar-refractivity contribution < 1.29 is 27.8 Å². The summed E-state index contributed by atoms with van der Waals surface area (Å²) in [7, 11) is 1.49. The maximum absolute atomic E-state index is 12.5. The molecule has 0 atom stereocenters. The monoisotopic (exact) mass is 398 g/mol. The van der Waals surface area contributed by atoms with E-state index >= 15 is 0 Å². The van der Waals surface area contributed by atoms with Crippen LogP contribution in [0.1, 0.15) is 20.5 Å². The molecule has 8 heteroatoms. The van der Waals surface area contributed by atoms with Crippen molar-refractivity contribution in [1.29, 1.82) is 0 Å². The van der Waals surface area contributed by atoms with E-state index in [-0.39, 0.29) is 17.1 Å². The predicted molar refractivity (Wildman–Crippen MR) is 98.7 cm³/mol. The molecule has 1 heterocycles. The van der Waals surface area contributed by atoms with Crippen LogP contribution in [0.25, 0.3) is 0 Å². The average Bonchev–Trinajstić information content (AvgIpc) is 3.16. The molecule has 1 aliphatic heterocycles. The first-order valence-corrected chi connectivity index (χ1v) is 9.85. The largest absolute Gasteiger partial charge is 0.493 e. The first kappa shape index (κ1) is 18.8. The molecule has 1 saturated heterocycles. The number of carbonyl (C=O) groups excluding carboxylic acids is 1. The van der Waals surface area contributed by atoms with E-state index in [1.807, 2.05) is 35.7 Å². The summed E-state index contributed by atoms with van der Waals surface area (Å²) in [5.41, 5.74) is 0.997. The van der Waals surface area contributed by atoms with E-state index in [9.17, 15) is 13.6 Å². The molecule has 4 nitrogen and oxygen atoms in total. The molecule has 2 aromatic rings. The van der Waals surface area contributed by atoms with Gasteiger partial charge in [-0.05, 0) is 29.8 Å². The van der Waals surface area contributed by atoms with E-state index in [1.165, 1.54) is 25.3 Å². The Morgan fingerprint density at radius 1 is 1.08 bits per heavy atom. The second-order valence-electron chi connectivity index (χ2n) is 5.25. The van der Waals surface area contributed by atoms with Crippen LogP contribution in [0.15, 0.2) is 42.5 Å². The molecule has 138 valence electrons. The number of esters is 1. The number of thioether (sulfide) groups is 2. The lowest BCUT2D eigenvalue weighted by Crippen LogP contribution is -2.13. The summed E-state index contributed by atoms with van der Waals surface area (Å²) in [4.78, 5) is 12.4. The Kier molecular flexibility index (Phi) is 6.26. The molecule has 3 rings (SSSR count). The number of halogens is 2. The molecular weight excluding hydrogens is 382 g/mol. The molecular formula is C18H16F2O4S2. The fourth-order valence-electron chi connectivity index (χ4n) is 2.45. The van der Waals surface area contributed by atoms with Crippen molar-refractivity contribution in [2.45, 2.75) is 11.2 Å². The highest BCUT2D eigenvalue weighted by Crippen LogP contribution is 2.47. The van der Waals surface area contributed by atoms with E-state index in [1.54, 1.807) is 12.1 Å². The second kappa shape index (κ2) is 8.64. The van der Waals surface area contributed by atoms with Crippen LogP contribution in [-0.2, 0) is 0 Å². The Bertz CT molecular complexity index is 780. The molecule has 0 unspecified atom stereocenters. The van der Waals surface area contributed by atoms with Gasteiger partial charge in [0.1, 0.15) is 11.3 Å². The quantitative estimate of drug-likeness (QED) is 0.504. The molecule has 0 aliphatic carbocycles. The van der Waals surface area contributed by atoms with Crippen LogP contribution in [0.4, 0.5) is 8.78 Å². The van der Waals surface area contributed by atoms with E-state index < -0.39 is 12.6 Å². The third-order valence-electron chi connectivity index (χ3n) is 3.61. The van der Waals surface area contributed by atoms with Crippen LogP contribution in [0.2, 0.25) is 0 Å². The molecule has 0 aromatic heterocycles. The van der Waals surface area contributed by atoms with Crippen LogP contribution in [-0.4, -0.2) is 31.2 Å². The topological polar surface area (TPSA) is 44.8 Å². The van der Waals surface area contributed by atoms with Gasteiger partial charge in [-0.1, -0.05) is 18.2 Å². The summed E-state index contributed by atoms with van der Waals surface area (Å²) in [6.45, 7) is -3.03. The van der Waals surface area contributed by atoms with Gasteiger partial charge in [0, 0.05) is 11.5 Å². The van der Waals surface area contributed by atoms with Crippen LogP contribution in [0, 0.1) is 0 Å². The van der Waals surface area contributed by atoms with Gasteiger partial charge in [-0.25, -0.2) is 4.79 Å².